The normalized spacial score (nSPS) is 10.2. The van der Waals surface area contributed by atoms with Gasteiger partial charge in [-0.25, -0.2) is 0 Å². The van der Waals surface area contributed by atoms with Gasteiger partial charge in [0.15, 0.2) is 6.61 Å². The number of carbonyl (C=O) groups excluding carboxylic acids is 1. The van der Waals surface area contributed by atoms with Gasteiger partial charge in [-0.2, -0.15) is 0 Å². The van der Waals surface area contributed by atoms with E-state index in [9.17, 15) is 4.79 Å². The third-order valence-corrected chi connectivity index (χ3v) is 4.85. The highest BCUT2D eigenvalue weighted by molar-refractivity contribution is 14.1. The van der Waals surface area contributed by atoms with Gasteiger partial charge in [-0.05, 0) is 104 Å². The molecule has 110 valence electrons. The fraction of sp³-hybridized carbons (Fsp3) is 0.0714. The molecule has 2 aromatic rings. The molecule has 0 aliphatic carbocycles. The lowest BCUT2D eigenvalue weighted by atomic mass is 10.3. The first-order chi connectivity index (χ1) is 9.95. The summed E-state index contributed by atoms with van der Waals surface area (Å²) in [5.41, 5.74) is 7.08. The maximum atomic E-state index is 12.0. The van der Waals surface area contributed by atoms with Gasteiger partial charge in [0.1, 0.15) is 5.75 Å². The Balaban J connectivity index is 1.97. The molecule has 0 aromatic heterocycles. The average molecular weight is 620 g/mol. The fourth-order valence-corrected chi connectivity index (χ4v) is 5.40. The molecule has 0 aliphatic rings. The molecule has 0 atom stereocenters. The number of ether oxygens (including phenoxy) is 1. The summed E-state index contributed by atoms with van der Waals surface area (Å²) in [7, 11) is 0. The first-order valence-electron chi connectivity index (χ1n) is 5.88. The number of amides is 1. The zero-order chi connectivity index (χ0) is 15.4. The van der Waals surface area contributed by atoms with E-state index in [1.165, 1.54) is 0 Å². The van der Waals surface area contributed by atoms with E-state index in [0.29, 0.717) is 11.4 Å². The molecule has 7 heteroatoms. The second-order valence-electron chi connectivity index (χ2n) is 4.15. The van der Waals surface area contributed by atoms with E-state index in [-0.39, 0.29) is 12.5 Å². The van der Waals surface area contributed by atoms with Crippen molar-refractivity contribution in [2.75, 3.05) is 17.7 Å². The minimum atomic E-state index is -0.191. The molecule has 0 bridgehead atoms. The van der Waals surface area contributed by atoms with Crippen molar-refractivity contribution in [1.82, 2.24) is 0 Å². The summed E-state index contributed by atoms with van der Waals surface area (Å²) >= 11 is 6.67. The van der Waals surface area contributed by atoms with Crippen LogP contribution in [0.2, 0.25) is 0 Å². The lowest BCUT2D eigenvalue weighted by Gasteiger charge is -2.11. The van der Waals surface area contributed by atoms with E-state index in [1.807, 2.05) is 12.1 Å². The van der Waals surface area contributed by atoms with E-state index >= 15 is 0 Å². The van der Waals surface area contributed by atoms with E-state index in [0.717, 1.165) is 16.4 Å². The van der Waals surface area contributed by atoms with Crippen LogP contribution in [0.3, 0.4) is 0 Å². The van der Waals surface area contributed by atoms with Crippen LogP contribution in [0.1, 0.15) is 0 Å². The van der Waals surface area contributed by atoms with Crippen molar-refractivity contribution < 1.29 is 9.53 Å². The predicted octanol–water partition coefficient (Wildman–Crippen LogP) is 4.10. The van der Waals surface area contributed by atoms with Gasteiger partial charge in [-0.1, -0.05) is 0 Å². The standard InChI is InChI=1S/C14H11I3N2O2/c15-8-5-11(16)14(12(17)6-8)19-13(20)7-21-10-3-1-9(18)2-4-10/h1-6H,7,18H2,(H,19,20). The third kappa shape index (κ3) is 5.13. The van der Waals surface area contributed by atoms with Crippen molar-refractivity contribution in [1.29, 1.82) is 0 Å². The van der Waals surface area contributed by atoms with Gasteiger partial charge in [-0.15, -0.1) is 0 Å². The highest BCUT2D eigenvalue weighted by Gasteiger charge is 2.11. The molecule has 0 fully saturated rings. The molecule has 0 heterocycles. The zero-order valence-electron chi connectivity index (χ0n) is 10.7. The van der Waals surface area contributed by atoms with Crippen molar-refractivity contribution in [3.8, 4) is 5.75 Å². The summed E-state index contributed by atoms with van der Waals surface area (Å²) < 4.78 is 8.57. The number of rotatable bonds is 4. The molecular formula is C14H11I3N2O2. The van der Waals surface area contributed by atoms with Gasteiger partial charge in [0.05, 0.1) is 5.69 Å². The number of nitrogens with one attached hydrogen (secondary N) is 1. The Kier molecular flexibility index (Phi) is 6.34. The Morgan fingerprint density at radius 2 is 1.67 bits per heavy atom. The molecule has 2 aromatic carbocycles. The van der Waals surface area contributed by atoms with Crippen LogP contribution in [-0.2, 0) is 4.79 Å². The van der Waals surface area contributed by atoms with E-state index in [4.69, 9.17) is 10.5 Å². The number of nitrogen functional groups attached to an aromatic ring is 1. The molecule has 3 N–H and O–H groups in total. The van der Waals surface area contributed by atoms with E-state index in [1.54, 1.807) is 24.3 Å². The number of nitrogens with two attached hydrogens (primary N) is 1. The topological polar surface area (TPSA) is 64.3 Å². The summed E-state index contributed by atoms with van der Waals surface area (Å²) in [4.78, 5) is 12.0. The van der Waals surface area contributed by atoms with Crippen LogP contribution in [0, 0.1) is 10.7 Å². The van der Waals surface area contributed by atoms with Crippen molar-refractivity contribution in [2.24, 2.45) is 0 Å². The molecular weight excluding hydrogens is 609 g/mol. The van der Waals surface area contributed by atoms with Crippen LogP contribution < -0.4 is 15.8 Å². The summed E-state index contributed by atoms with van der Waals surface area (Å²) in [5, 5.41) is 2.88. The number of benzene rings is 2. The van der Waals surface area contributed by atoms with E-state index < -0.39 is 0 Å². The number of carbonyl (C=O) groups is 1. The van der Waals surface area contributed by atoms with Crippen LogP contribution in [0.4, 0.5) is 11.4 Å². The molecule has 0 spiro atoms. The van der Waals surface area contributed by atoms with Crippen LogP contribution in [0.5, 0.6) is 5.75 Å². The first-order valence-corrected chi connectivity index (χ1v) is 9.12. The van der Waals surface area contributed by atoms with Gasteiger partial charge in [-0.3, -0.25) is 4.79 Å². The van der Waals surface area contributed by atoms with Gasteiger partial charge in [0.2, 0.25) is 0 Å². The Morgan fingerprint density at radius 1 is 1.10 bits per heavy atom. The number of halogens is 3. The highest BCUT2D eigenvalue weighted by atomic mass is 127. The number of hydrogen-bond donors (Lipinski definition) is 2. The van der Waals surface area contributed by atoms with Gasteiger partial charge >= 0.3 is 0 Å². The van der Waals surface area contributed by atoms with Crippen molar-refractivity contribution in [3.05, 3.63) is 47.1 Å². The molecule has 0 saturated heterocycles. The maximum Gasteiger partial charge on any atom is 0.262 e. The molecule has 0 aliphatic heterocycles. The molecule has 0 saturated carbocycles. The maximum absolute atomic E-state index is 12.0. The van der Waals surface area contributed by atoms with Crippen LogP contribution in [0.25, 0.3) is 0 Å². The summed E-state index contributed by atoms with van der Waals surface area (Å²) in [5.74, 6) is 0.426. The Morgan fingerprint density at radius 3 is 2.24 bits per heavy atom. The quantitative estimate of drug-likeness (QED) is 0.400. The van der Waals surface area contributed by atoms with Crippen molar-refractivity contribution in [2.45, 2.75) is 0 Å². The third-order valence-electron chi connectivity index (χ3n) is 2.52. The van der Waals surface area contributed by atoms with Crippen molar-refractivity contribution >= 4 is 85.1 Å². The van der Waals surface area contributed by atoms with Gasteiger partial charge < -0.3 is 15.8 Å². The first kappa shape index (κ1) is 17.1. The molecule has 1 amide bonds. The molecule has 2 rings (SSSR count). The molecule has 4 nitrogen and oxygen atoms in total. The molecule has 0 unspecified atom stereocenters. The minimum absolute atomic E-state index is 0.0396. The van der Waals surface area contributed by atoms with Crippen LogP contribution in [-0.4, -0.2) is 12.5 Å². The number of anilines is 2. The molecule has 0 radical (unpaired) electrons. The summed E-state index contributed by atoms with van der Waals surface area (Å²) in [6.07, 6.45) is 0. The van der Waals surface area contributed by atoms with Crippen molar-refractivity contribution in [3.63, 3.8) is 0 Å². The zero-order valence-corrected chi connectivity index (χ0v) is 17.2. The van der Waals surface area contributed by atoms with Gasteiger partial charge in [0.25, 0.3) is 5.91 Å². The Hall–Kier alpha value is -0.300. The largest absolute Gasteiger partial charge is 0.484 e. The van der Waals surface area contributed by atoms with Crippen LogP contribution >= 0.6 is 67.8 Å². The SMILES string of the molecule is Nc1ccc(OCC(=O)Nc2c(I)cc(I)cc2I)cc1. The molecule has 21 heavy (non-hydrogen) atoms. The second-order valence-corrected chi connectivity index (χ2v) is 7.72. The Labute approximate surface area is 163 Å². The highest BCUT2D eigenvalue weighted by Crippen LogP contribution is 2.27. The summed E-state index contributed by atoms with van der Waals surface area (Å²) in [6.45, 7) is -0.0396. The van der Waals surface area contributed by atoms with E-state index in [2.05, 4.69) is 73.1 Å². The number of hydrogen-bond acceptors (Lipinski definition) is 3. The van der Waals surface area contributed by atoms with Gasteiger partial charge in [0, 0.05) is 16.4 Å². The fourth-order valence-electron chi connectivity index (χ4n) is 1.55. The predicted molar refractivity (Wildman–Crippen MR) is 110 cm³/mol. The summed E-state index contributed by atoms with van der Waals surface area (Å²) in [6, 6.07) is 11.0. The monoisotopic (exact) mass is 620 g/mol. The van der Waals surface area contributed by atoms with Crippen LogP contribution in [0.15, 0.2) is 36.4 Å². The lowest BCUT2D eigenvalue weighted by molar-refractivity contribution is -0.118. The smallest absolute Gasteiger partial charge is 0.262 e. The lowest BCUT2D eigenvalue weighted by Crippen LogP contribution is -2.21. The second kappa shape index (κ2) is 7.81. The average Bonchev–Trinajstić information content (AvgIpc) is 2.42. The minimum Gasteiger partial charge on any atom is -0.484 e. The Bertz CT molecular complexity index is 637.